The molecule has 4 nitrogen and oxygen atoms in total. The van der Waals surface area contributed by atoms with Gasteiger partial charge in [0.05, 0.1) is 5.69 Å². The van der Waals surface area contributed by atoms with Crippen LogP contribution < -0.4 is 5.32 Å². The highest BCUT2D eigenvalue weighted by molar-refractivity contribution is 5.54. The van der Waals surface area contributed by atoms with E-state index in [1.54, 1.807) is 0 Å². The molecule has 4 heteroatoms. The molecule has 2 aromatic heterocycles. The van der Waals surface area contributed by atoms with Crippen LogP contribution >= 0.6 is 0 Å². The lowest BCUT2D eigenvalue weighted by atomic mass is 10.2. The Morgan fingerprint density at radius 2 is 2.40 bits per heavy atom. The Balaban J connectivity index is 2.21. The van der Waals surface area contributed by atoms with Crippen LogP contribution in [0.3, 0.4) is 0 Å². The molecule has 2 aromatic rings. The van der Waals surface area contributed by atoms with E-state index in [9.17, 15) is 0 Å². The Morgan fingerprint density at radius 1 is 1.53 bits per heavy atom. The van der Waals surface area contributed by atoms with Crippen LogP contribution in [0.1, 0.15) is 5.69 Å². The maximum absolute atomic E-state index is 4.46. The number of nitrogens with zero attached hydrogens (tertiary/aromatic N) is 2. The number of aryl methyl sites for hydroxylation is 1. The van der Waals surface area contributed by atoms with E-state index in [4.69, 9.17) is 0 Å². The minimum absolute atomic E-state index is 0.976. The van der Waals surface area contributed by atoms with Crippen LogP contribution in [-0.4, -0.2) is 28.4 Å². The summed E-state index contributed by atoms with van der Waals surface area (Å²) in [5.74, 6) is 0. The van der Waals surface area contributed by atoms with E-state index in [2.05, 4.69) is 21.5 Å². The monoisotopic (exact) mass is 204 g/mol. The van der Waals surface area contributed by atoms with Gasteiger partial charge in [-0.1, -0.05) is 0 Å². The van der Waals surface area contributed by atoms with Crippen molar-refractivity contribution in [3.8, 4) is 11.4 Å². The van der Waals surface area contributed by atoms with E-state index in [-0.39, 0.29) is 0 Å². The Hall–Kier alpha value is -1.55. The van der Waals surface area contributed by atoms with Crippen molar-refractivity contribution >= 4 is 0 Å². The Morgan fingerprint density at radius 3 is 3.07 bits per heavy atom. The van der Waals surface area contributed by atoms with E-state index in [1.165, 1.54) is 5.69 Å². The Bertz CT molecular complexity index is 414. The second-order valence-electron chi connectivity index (χ2n) is 3.58. The summed E-state index contributed by atoms with van der Waals surface area (Å²) in [7, 11) is 3.94. The predicted molar refractivity (Wildman–Crippen MR) is 60.6 cm³/mol. The highest BCUT2D eigenvalue weighted by Crippen LogP contribution is 2.16. The third kappa shape index (κ3) is 2.10. The van der Waals surface area contributed by atoms with E-state index in [0.29, 0.717) is 0 Å². The molecule has 0 bridgehead atoms. The lowest BCUT2D eigenvalue weighted by Gasteiger charge is -1.99. The van der Waals surface area contributed by atoms with E-state index in [0.717, 1.165) is 24.4 Å². The lowest BCUT2D eigenvalue weighted by molar-refractivity contribution is 0.682. The molecule has 0 spiro atoms. The number of H-pyrrole nitrogens is 1. The summed E-state index contributed by atoms with van der Waals surface area (Å²) in [6, 6.07) is 6.14. The summed E-state index contributed by atoms with van der Waals surface area (Å²) >= 11 is 0. The molecule has 0 saturated carbocycles. The number of hydrogen-bond acceptors (Lipinski definition) is 2. The summed E-state index contributed by atoms with van der Waals surface area (Å²) < 4.78 is 1.94. The molecular weight excluding hydrogens is 188 g/mol. The van der Waals surface area contributed by atoms with Crippen LogP contribution in [0.25, 0.3) is 11.4 Å². The van der Waals surface area contributed by atoms with Crippen molar-refractivity contribution in [2.75, 3.05) is 13.6 Å². The first-order chi connectivity index (χ1) is 7.31. The molecule has 0 aliphatic carbocycles. The summed E-state index contributed by atoms with van der Waals surface area (Å²) in [6.45, 7) is 0.976. The zero-order chi connectivity index (χ0) is 10.7. The molecule has 2 heterocycles. The maximum Gasteiger partial charge on any atom is 0.109 e. The van der Waals surface area contributed by atoms with Gasteiger partial charge < -0.3 is 10.3 Å². The summed E-state index contributed by atoms with van der Waals surface area (Å²) in [4.78, 5) is 3.16. The predicted octanol–water partition coefficient (Wildman–Crippen LogP) is 1.18. The summed E-state index contributed by atoms with van der Waals surface area (Å²) in [5, 5.41) is 7.60. The van der Waals surface area contributed by atoms with Gasteiger partial charge in [-0.2, -0.15) is 5.10 Å². The van der Waals surface area contributed by atoms with Gasteiger partial charge in [-0.25, -0.2) is 0 Å². The van der Waals surface area contributed by atoms with Crippen LogP contribution in [0.15, 0.2) is 24.4 Å². The molecule has 0 fully saturated rings. The number of likely N-dealkylation sites (N-methyl/N-ethyl adjacent to an activating group) is 1. The van der Waals surface area contributed by atoms with Crippen LogP contribution in [-0.2, 0) is 13.5 Å². The van der Waals surface area contributed by atoms with E-state index < -0.39 is 0 Å². The molecule has 0 radical (unpaired) electrons. The maximum atomic E-state index is 4.46. The molecule has 0 saturated heterocycles. The topological polar surface area (TPSA) is 45.6 Å². The van der Waals surface area contributed by atoms with Crippen LogP contribution in [0.5, 0.6) is 0 Å². The quantitative estimate of drug-likeness (QED) is 0.785. The third-order valence-electron chi connectivity index (χ3n) is 2.48. The van der Waals surface area contributed by atoms with Gasteiger partial charge in [-0.15, -0.1) is 0 Å². The molecule has 0 aliphatic rings. The van der Waals surface area contributed by atoms with Crippen molar-refractivity contribution in [1.29, 1.82) is 0 Å². The van der Waals surface area contributed by atoms with Crippen molar-refractivity contribution in [2.24, 2.45) is 7.05 Å². The van der Waals surface area contributed by atoms with Crippen molar-refractivity contribution in [3.05, 3.63) is 30.1 Å². The zero-order valence-corrected chi connectivity index (χ0v) is 9.12. The van der Waals surface area contributed by atoms with E-state index >= 15 is 0 Å². The van der Waals surface area contributed by atoms with Gasteiger partial charge in [0.1, 0.15) is 5.69 Å². The van der Waals surface area contributed by atoms with Crippen LogP contribution in [0, 0.1) is 0 Å². The van der Waals surface area contributed by atoms with Crippen molar-refractivity contribution in [3.63, 3.8) is 0 Å². The summed E-state index contributed by atoms with van der Waals surface area (Å²) in [6.07, 6.45) is 2.91. The summed E-state index contributed by atoms with van der Waals surface area (Å²) in [5.41, 5.74) is 3.32. The highest BCUT2D eigenvalue weighted by atomic mass is 15.3. The van der Waals surface area contributed by atoms with Gasteiger partial charge in [0.15, 0.2) is 0 Å². The zero-order valence-electron chi connectivity index (χ0n) is 9.12. The molecule has 80 valence electrons. The van der Waals surface area contributed by atoms with Gasteiger partial charge in [0.2, 0.25) is 0 Å². The first-order valence-corrected chi connectivity index (χ1v) is 5.12. The molecular formula is C11H16N4. The van der Waals surface area contributed by atoms with Crippen LogP contribution in [0.4, 0.5) is 0 Å². The van der Waals surface area contributed by atoms with Gasteiger partial charge >= 0.3 is 0 Å². The van der Waals surface area contributed by atoms with Gasteiger partial charge in [0, 0.05) is 31.9 Å². The number of nitrogens with one attached hydrogen (secondary N) is 2. The fourth-order valence-corrected chi connectivity index (χ4v) is 1.61. The first kappa shape index (κ1) is 9.98. The normalized spacial score (nSPS) is 10.8. The molecule has 0 atom stereocenters. The fourth-order valence-electron chi connectivity index (χ4n) is 1.61. The third-order valence-corrected chi connectivity index (χ3v) is 2.48. The Labute approximate surface area is 89.3 Å². The van der Waals surface area contributed by atoms with Gasteiger partial charge in [0.25, 0.3) is 0 Å². The number of aromatic amines is 1. The lowest BCUT2D eigenvalue weighted by Crippen LogP contribution is -2.12. The molecule has 0 amide bonds. The standard InChI is InChI=1S/C11H16N4/c1-12-7-5-9-8-11(14-15(9)2)10-4-3-6-13-10/h3-4,6,8,12-13H,5,7H2,1-2H3. The first-order valence-electron chi connectivity index (χ1n) is 5.12. The van der Waals surface area contributed by atoms with E-state index in [1.807, 2.05) is 37.1 Å². The minimum atomic E-state index is 0.976. The largest absolute Gasteiger partial charge is 0.360 e. The second kappa shape index (κ2) is 4.31. The van der Waals surface area contributed by atoms with Crippen molar-refractivity contribution in [2.45, 2.75) is 6.42 Å². The van der Waals surface area contributed by atoms with Gasteiger partial charge in [-0.05, 0) is 25.2 Å². The molecule has 0 aliphatic heterocycles. The average Bonchev–Trinajstić information content (AvgIpc) is 2.83. The van der Waals surface area contributed by atoms with Crippen LogP contribution in [0.2, 0.25) is 0 Å². The smallest absolute Gasteiger partial charge is 0.109 e. The molecule has 2 rings (SSSR count). The SMILES string of the molecule is CNCCc1cc(-c2ccc[nH]2)nn1C. The number of rotatable bonds is 4. The highest BCUT2D eigenvalue weighted by Gasteiger charge is 2.06. The van der Waals surface area contributed by atoms with Crippen molar-refractivity contribution < 1.29 is 0 Å². The molecule has 2 N–H and O–H groups in total. The number of hydrogen-bond donors (Lipinski definition) is 2. The second-order valence-corrected chi connectivity index (χ2v) is 3.58. The minimum Gasteiger partial charge on any atom is -0.360 e. The molecule has 0 aromatic carbocycles. The molecule has 0 unspecified atom stereocenters. The fraction of sp³-hybridized carbons (Fsp3) is 0.364. The van der Waals surface area contributed by atoms with Gasteiger partial charge in [-0.3, -0.25) is 4.68 Å². The average molecular weight is 204 g/mol. The molecule has 15 heavy (non-hydrogen) atoms. The Kier molecular flexibility index (Phi) is 2.87. The van der Waals surface area contributed by atoms with Crippen molar-refractivity contribution in [1.82, 2.24) is 20.1 Å². The number of aromatic nitrogens is 3.